The van der Waals surface area contributed by atoms with Gasteiger partial charge in [0.15, 0.2) is 0 Å². The number of methoxy groups -OCH3 is 1. The summed E-state index contributed by atoms with van der Waals surface area (Å²) in [7, 11) is 4.03. The molecular weight excluding hydrogens is 274 g/mol. The summed E-state index contributed by atoms with van der Waals surface area (Å²) < 4.78 is 5.63. The van der Waals surface area contributed by atoms with Gasteiger partial charge in [-0.1, -0.05) is 19.1 Å². The highest BCUT2D eigenvalue weighted by Gasteiger charge is 2.28. The number of piperazine rings is 1. The molecule has 0 bridgehead atoms. The third-order valence-electron chi connectivity index (χ3n) is 5.26. The zero-order chi connectivity index (χ0) is 15.5. The monoisotopic (exact) mass is 303 g/mol. The van der Waals surface area contributed by atoms with Crippen LogP contribution in [-0.2, 0) is 4.74 Å². The molecule has 0 amide bonds. The first-order valence-electron chi connectivity index (χ1n) is 8.47. The van der Waals surface area contributed by atoms with Crippen molar-refractivity contribution >= 4 is 5.69 Å². The normalized spacial score (nSPS) is 30.5. The number of likely N-dealkylation sites (N-methyl/N-ethyl adjacent to an activating group) is 1. The molecule has 2 aliphatic rings. The van der Waals surface area contributed by atoms with Crippen molar-refractivity contribution in [1.82, 2.24) is 10.2 Å². The molecule has 2 fully saturated rings. The minimum Gasteiger partial charge on any atom is -0.381 e. The summed E-state index contributed by atoms with van der Waals surface area (Å²) in [6.07, 6.45) is 1.43. The van der Waals surface area contributed by atoms with Gasteiger partial charge in [0.1, 0.15) is 0 Å². The van der Waals surface area contributed by atoms with Gasteiger partial charge < -0.3 is 19.9 Å². The summed E-state index contributed by atoms with van der Waals surface area (Å²) in [5.41, 5.74) is 2.73. The van der Waals surface area contributed by atoms with Crippen LogP contribution in [0.1, 0.15) is 24.9 Å². The molecule has 0 saturated carbocycles. The van der Waals surface area contributed by atoms with Crippen LogP contribution in [0, 0.1) is 5.92 Å². The van der Waals surface area contributed by atoms with Crippen LogP contribution >= 0.6 is 0 Å². The lowest BCUT2D eigenvalue weighted by Crippen LogP contribution is -2.44. The predicted molar refractivity (Wildman–Crippen MR) is 91.5 cm³/mol. The number of hydrogen-bond acceptors (Lipinski definition) is 4. The molecule has 1 aromatic carbocycles. The van der Waals surface area contributed by atoms with Crippen LogP contribution in [0.2, 0.25) is 0 Å². The van der Waals surface area contributed by atoms with E-state index in [0.29, 0.717) is 18.1 Å². The van der Waals surface area contributed by atoms with Crippen molar-refractivity contribution in [3.8, 4) is 0 Å². The second-order valence-corrected chi connectivity index (χ2v) is 6.83. The standard InChI is InChI=1S/C18H29N3O/c1-14-13-19-17(12-18(14)22-3)15-4-6-16(7-5-15)21-10-8-20(2)9-11-21/h4-7,14,17-19H,8-13H2,1-3H3/t14-,17-,18?/m1/s1. The fourth-order valence-corrected chi connectivity index (χ4v) is 3.57. The van der Waals surface area contributed by atoms with Crippen LogP contribution in [-0.4, -0.2) is 57.9 Å². The number of anilines is 1. The van der Waals surface area contributed by atoms with Crippen molar-refractivity contribution in [2.45, 2.75) is 25.5 Å². The second kappa shape index (κ2) is 6.99. The first-order valence-corrected chi connectivity index (χ1v) is 8.47. The summed E-state index contributed by atoms with van der Waals surface area (Å²) in [6.45, 7) is 7.84. The molecule has 3 atom stereocenters. The molecule has 2 aliphatic heterocycles. The summed E-state index contributed by atoms with van der Waals surface area (Å²) in [5, 5.41) is 3.65. The van der Waals surface area contributed by atoms with Gasteiger partial charge in [-0.2, -0.15) is 0 Å². The first kappa shape index (κ1) is 15.8. The highest BCUT2D eigenvalue weighted by molar-refractivity contribution is 5.48. The Bertz CT molecular complexity index is 468. The number of benzene rings is 1. The lowest BCUT2D eigenvalue weighted by Gasteiger charge is -2.36. The molecule has 4 heteroatoms. The highest BCUT2D eigenvalue weighted by Crippen LogP contribution is 2.29. The largest absolute Gasteiger partial charge is 0.381 e. The summed E-state index contributed by atoms with van der Waals surface area (Å²) >= 11 is 0. The Kier molecular flexibility index (Phi) is 5.01. The minimum absolute atomic E-state index is 0.364. The molecule has 122 valence electrons. The van der Waals surface area contributed by atoms with Crippen LogP contribution in [0.5, 0.6) is 0 Å². The molecule has 1 aromatic rings. The Labute approximate surface area is 134 Å². The van der Waals surface area contributed by atoms with E-state index < -0.39 is 0 Å². The van der Waals surface area contributed by atoms with Gasteiger partial charge in [0.05, 0.1) is 6.10 Å². The van der Waals surface area contributed by atoms with Gasteiger partial charge >= 0.3 is 0 Å². The molecule has 2 heterocycles. The summed E-state index contributed by atoms with van der Waals surface area (Å²) in [5.74, 6) is 0.589. The number of ether oxygens (including phenoxy) is 1. The quantitative estimate of drug-likeness (QED) is 0.926. The Balaban J connectivity index is 1.64. The first-order chi connectivity index (χ1) is 10.7. The Morgan fingerprint density at radius 1 is 1.09 bits per heavy atom. The van der Waals surface area contributed by atoms with Crippen molar-refractivity contribution in [3.63, 3.8) is 0 Å². The fraction of sp³-hybridized carbons (Fsp3) is 0.667. The van der Waals surface area contributed by atoms with E-state index >= 15 is 0 Å². The van der Waals surface area contributed by atoms with Crippen molar-refractivity contribution in [2.75, 3.05) is 51.8 Å². The van der Waals surface area contributed by atoms with Gasteiger partial charge in [-0.15, -0.1) is 0 Å². The number of rotatable bonds is 3. The van der Waals surface area contributed by atoms with Crippen LogP contribution in [0.4, 0.5) is 5.69 Å². The van der Waals surface area contributed by atoms with Crippen LogP contribution in [0.25, 0.3) is 0 Å². The third kappa shape index (κ3) is 3.45. The van der Waals surface area contributed by atoms with E-state index in [0.717, 1.165) is 39.1 Å². The van der Waals surface area contributed by atoms with E-state index in [2.05, 4.69) is 53.4 Å². The van der Waals surface area contributed by atoms with Gasteiger partial charge in [0.25, 0.3) is 0 Å². The average Bonchev–Trinajstić information content (AvgIpc) is 2.56. The molecule has 0 radical (unpaired) electrons. The maximum absolute atomic E-state index is 5.63. The van der Waals surface area contributed by atoms with E-state index in [1.165, 1.54) is 11.3 Å². The van der Waals surface area contributed by atoms with Gasteiger partial charge in [-0.05, 0) is 37.1 Å². The summed E-state index contributed by atoms with van der Waals surface area (Å²) in [6, 6.07) is 9.55. The Morgan fingerprint density at radius 2 is 1.77 bits per heavy atom. The Morgan fingerprint density at radius 3 is 2.41 bits per heavy atom. The maximum atomic E-state index is 5.63. The number of piperidine rings is 1. The third-order valence-corrected chi connectivity index (χ3v) is 5.26. The molecule has 3 rings (SSSR count). The lowest BCUT2D eigenvalue weighted by molar-refractivity contribution is 0.0236. The van der Waals surface area contributed by atoms with E-state index in [9.17, 15) is 0 Å². The molecule has 0 aromatic heterocycles. The van der Waals surface area contributed by atoms with Crippen LogP contribution in [0.3, 0.4) is 0 Å². The molecule has 22 heavy (non-hydrogen) atoms. The van der Waals surface area contributed by atoms with Gasteiger partial charge in [-0.25, -0.2) is 0 Å². The highest BCUT2D eigenvalue weighted by atomic mass is 16.5. The summed E-state index contributed by atoms with van der Waals surface area (Å²) in [4.78, 5) is 4.88. The zero-order valence-corrected chi connectivity index (χ0v) is 14.1. The molecule has 4 nitrogen and oxygen atoms in total. The van der Waals surface area contributed by atoms with Gasteiger partial charge in [0.2, 0.25) is 0 Å². The number of nitrogens with zero attached hydrogens (tertiary/aromatic N) is 2. The Hall–Kier alpha value is -1.10. The predicted octanol–water partition coefficient (Wildman–Crippen LogP) is 2.12. The van der Waals surface area contributed by atoms with E-state index in [1.54, 1.807) is 0 Å². The molecular formula is C18H29N3O. The second-order valence-electron chi connectivity index (χ2n) is 6.83. The number of hydrogen-bond donors (Lipinski definition) is 1. The van der Waals surface area contributed by atoms with Crippen LogP contribution < -0.4 is 10.2 Å². The minimum atomic E-state index is 0.364. The van der Waals surface area contributed by atoms with Gasteiger partial charge in [-0.3, -0.25) is 0 Å². The van der Waals surface area contributed by atoms with E-state index in [4.69, 9.17) is 4.74 Å². The SMILES string of the molecule is COC1C[C@H](c2ccc(N3CCN(C)CC3)cc2)NC[C@H]1C. The van der Waals surface area contributed by atoms with Crippen molar-refractivity contribution in [1.29, 1.82) is 0 Å². The van der Waals surface area contributed by atoms with E-state index in [1.807, 2.05) is 7.11 Å². The smallest absolute Gasteiger partial charge is 0.0627 e. The van der Waals surface area contributed by atoms with E-state index in [-0.39, 0.29) is 0 Å². The van der Waals surface area contributed by atoms with Crippen LogP contribution in [0.15, 0.2) is 24.3 Å². The number of nitrogens with one attached hydrogen (secondary N) is 1. The topological polar surface area (TPSA) is 27.7 Å². The maximum Gasteiger partial charge on any atom is 0.0627 e. The zero-order valence-electron chi connectivity index (χ0n) is 14.1. The molecule has 1 unspecified atom stereocenters. The van der Waals surface area contributed by atoms with Crippen molar-refractivity contribution in [2.24, 2.45) is 5.92 Å². The average molecular weight is 303 g/mol. The lowest BCUT2D eigenvalue weighted by atomic mass is 9.89. The fourth-order valence-electron chi connectivity index (χ4n) is 3.57. The molecule has 2 saturated heterocycles. The molecule has 1 N–H and O–H groups in total. The molecule has 0 aliphatic carbocycles. The van der Waals surface area contributed by atoms with Gasteiger partial charge in [0, 0.05) is 51.6 Å². The molecule has 0 spiro atoms. The van der Waals surface area contributed by atoms with Crippen molar-refractivity contribution < 1.29 is 4.74 Å². The van der Waals surface area contributed by atoms with Crippen molar-refractivity contribution in [3.05, 3.63) is 29.8 Å².